The van der Waals surface area contributed by atoms with Crippen molar-refractivity contribution in [2.24, 2.45) is 5.92 Å². The summed E-state index contributed by atoms with van der Waals surface area (Å²) < 4.78 is 30.9. The molecule has 2 aliphatic rings. The van der Waals surface area contributed by atoms with Gasteiger partial charge in [-0.05, 0) is 51.2 Å². The molecule has 0 radical (unpaired) electrons. The van der Waals surface area contributed by atoms with Crippen LogP contribution in [0, 0.1) is 5.92 Å². The van der Waals surface area contributed by atoms with Crippen LogP contribution in [0.4, 0.5) is 0 Å². The van der Waals surface area contributed by atoms with Crippen LogP contribution in [-0.4, -0.2) is 37.4 Å². The molecule has 0 amide bonds. The maximum atomic E-state index is 12.7. The van der Waals surface area contributed by atoms with E-state index in [-0.39, 0.29) is 28.6 Å². The van der Waals surface area contributed by atoms with Gasteiger partial charge in [0.2, 0.25) is 0 Å². The molecule has 1 aliphatic heterocycles. The monoisotopic (exact) mass is 368 g/mol. The van der Waals surface area contributed by atoms with Crippen molar-refractivity contribution in [2.75, 3.05) is 5.75 Å². The first-order valence-corrected chi connectivity index (χ1v) is 10.1. The Morgan fingerprint density at radius 1 is 1.28 bits per heavy atom. The van der Waals surface area contributed by atoms with Crippen molar-refractivity contribution in [3.63, 3.8) is 0 Å². The normalized spacial score (nSPS) is 35.2. The Morgan fingerprint density at radius 3 is 2.60 bits per heavy atom. The number of fused-ring (bicyclic) bond motifs is 2. The van der Waals surface area contributed by atoms with Gasteiger partial charge in [0.05, 0.1) is 10.6 Å². The van der Waals surface area contributed by atoms with Gasteiger partial charge in [0.15, 0.2) is 9.84 Å². The third-order valence-corrected chi connectivity index (χ3v) is 7.29. The summed E-state index contributed by atoms with van der Waals surface area (Å²) in [6.07, 6.45) is 1.55. The highest BCUT2D eigenvalue weighted by atomic mass is 32.2. The number of hydrogen-bond acceptors (Lipinski definition) is 6. The van der Waals surface area contributed by atoms with Gasteiger partial charge in [-0.25, -0.2) is 18.2 Å². The maximum Gasteiger partial charge on any atom is 0.303 e. The van der Waals surface area contributed by atoms with Crippen LogP contribution < -0.4 is 0 Å². The molecule has 3 rings (SSSR count). The predicted molar refractivity (Wildman–Crippen MR) is 90.4 cm³/mol. The number of esters is 1. The fourth-order valence-electron chi connectivity index (χ4n) is 3.85. The summed E-state index contributed by atoms with van der Waals surface area (Å²) in [6, 6.07) is 8.36. The van der Waals surface area contributed by atoms with E-state index in [4.69, 9.17) is 14.5 Å². The molecule has 25 heavy (non-hydrogen) atoms. The molecule has 2 bridgehead atoms. The molecule has 4 atom stereocenters. The number of hydrogen-bond donors (Lipinski definition) is 0. The summed E-state index contributed by atoms with van der Waals surface area (Å²) in [5.74, 6) is -0.482. The fraction of sp³-hybridized carbons (Fsp3) is 0.611. The maximum absolute atomic E-state index is 12.7. The molecule has 1 saturated carbocycles. The van der Waals surface area contributed by atoms with Crippen molar-refractivity contribution >= 4 is 15.8 Å². The molecule has 0 N–H and O–H groups in total. The molecule has 7 heteroatoms. The minimum absolute atomic E-state index is 0.0216. The molecular formula is C18H24O6S. The molecule has 1 aliphatic carbocycles. The smallest absolute Gasteiger partial charge is 0.303 e. The fourth-order valence-corrected chi connectivity index (χ4v) is 5.63. The van der Waals surface area contributed by atoms with Crippen LogP contribution in [-0.2, 0) is 29.1 Å². The number of benzene rings is 1. The number of rotatable bonds is 4. The topological polar surface area (TPSA) is 78.9 Å². The van der Waals surface area contributed by atoms with Crippen LogP contribution in [0.5, 0.6) is 0 Å². The number of ether oxygens (including phenoxy) is 1. The van der Waals surface area contributed by atoms with Crippen LogP contribution in [0.25, 0.3) is 0 Å². The minimum atomic E-state index is -3.49. The zero-order valence-corrected chi connectivity index (χ0v) is 15.5. The lowest BCUT2D eigenvalue weighted by atomic mass is 9.71. The second-order valence-corrected chi connectivity index (χ2v) is 9.42. The van der Waals surface area contributed by atoms with Crippen LogP contribution in [0.2, 0.25) is 0 Å². The van der Waals surface area contributed by atoms with Crippen LogP contribution >= 0.6 is 0 Å². The van der Waals surface area contributed by atoms with Gasteiger partial charge >= 0.3 is 5.97 Å². The van der Waals surface area contributed by atoms with Crippen LogP contribution in [0.15, 0.2) is 35.2 Å². The van der Waals surface area contributed by atoms with E-state index < -0.39 is 21.0 Å². The van der Waals surface area contributed by atoms with E-state index in [1.54, 1.807) is 37.3 Å². The molecule has 1 aromatic rings. The first-order chi connectivity index (χ1) is 11.6. The van der Waals surface area contributed by atoms with Gasteiger partial charge < -0.3 is 4.74 Å². The van der Waals surface area contributed by atoms with Crippen molar-refractivity contribution in [2.45, 2.75) is 62.2 Å². The van der Waals surface area contributed by atoms with Gasteiger partial charge in [0, 0.05) is 6.92 Å². The Hall–Kier alpha value is -1.44. The van der Waals surface area contributed by atoms with Gasteiger partial charge in [-0.1, -0.05) is 18.2 Å². The van der Waals surface area contributed by atoms with E-state index in [2.05, 4.69) is 0 Å². The lowest BCUT2D eigenvalue weighted by Crippen LogP contribution is -2.59. The average Bonchev–Trinajstić information content (AvgIpc) is 2.53. The number of carbonyl (C=O) groups is 1. The zero-order valence-electron chi connectivity index (χ0n) is 14.7. The summed E-state index contributed by atoms with van der Waals surface area (Å²) in [5, 5.41) is 0. The van der Waals surface area contributed by atoms with E-state index in [1.165, 1.54) is 6.92 Å². The SMILES string of the molecule is CC(=O)O[C@@]1(C)CC[C@H]2C[C@@H]1OO[C@@]2(C)CS(=O)(=O)c1ccccc1. The van der Waals surface area contributed by atoms with E-state index in [9.17, 15) is 13.2 Å². The van der Waals surface area contributed by atoms with Gasteiger partial charge in [-0.3, -0.25) is 4.79 Å². The third-order valence-electron chi connectivity index (χ3n) is 5.34. The molecule has 0 spiro atoms. The molecule has 138 valence electrons. The largest absolute Gasteiger partial charge is 0.457 e. The highest BCUT2D eigenvalue weighted by Gasteiger charge is 2.55. The second kappa shape index (κ2) is 6.37. The molecule has 2 fully saturated rings. The highest BCUT2D eigenvalue weighted by molar-refractivity contribution is 7.91. The van der Waals surface area contributed by atoms with Crippen molar-refractivity contribution in [3.8, 4) is 0 Å². The standard InChI is InChI=1S/C18H24O6S/c1-13(19)22-17(2)10-9-14-11-16(17)23-24-18(14,3)12-25(20,21)15-7-5-4-6-8-15/h4-8,14,16H,9-12H2,1-3H3/t14-,16-,17-,18-/m0/s1. The van der Waals surface area contributed by atoms with Crippen molar-refractivity contribution in [3.05, 3.63) is 30.3 Å². The van der Waals surface area contributed by atoms with E-state index in [0.717, 1.165) is 0 Å². The second-order valence-electron chi connectivity index (χ2n) is 7.43. The quantitative estimate of drug-likeness (QED) is 0.600. The van der Waals surface area contributed by atoms with Gasteiger partial charge in [0.1, 0.15) is 17.3 Å². The summed E-state index contributed by atoms with van der Waals surface area (Å²) in [6.45, 7) is 4.99. The summed E-state index contributed by atoms with van der Waals surface area (Å²) in [4.78, 5) is 22.7. The van der Waals surface area contributed by atoms with E-state index in [0.29, 0.717) is 19.3 Å². The lowest BCUT2D eigenvalue weighted by molar-refractivity contribution is -0.441. The summed E-state index contributed by atoms with van der Waals surface area (Å²) in [7, 11) is -3.49. The van der Waals surface area contributed by atoms with Crippen molar-refractivity contribution < 1.29 is 27.7 Å². The van der Waals surface area contributed by atoms with Crippen LogP contribution in [0.1, 0.15) is 40.0 Å². The Balaban J connectivity index is 1.77. The van der Waals surface area contributed by atoms with E-state index >= 15 is 0 Å². The van der Waals surface area contributed by atoms with E-state index in [1.807, 2.05) is 6.92 Å². The van der Waals surface area contributed by atoms with Gasteiger partial charge in [-0.2, -0.15) is 0 Å². The van der Waals surface area contributed by atoms with Crippen LogP contribution in [0.3, 0.4) is 0 Å². The first kappa shape index (κ1) is 18.4. The summed E-state index contributed by atoms with van der Waals surface area (Å²) >= 11 is 0. The Labute approximate surface area is 148 Å². The molecule has 0 unspecified atom stereocenters. The molecule has 1 aromatic carbocycles. The Bertz CT molecular complexity index is 746. The highest BCUT2D eigenvalue weighted by Crippen LogP contribution is 2.47. The van der Waals surface area contributed by atoms with Crippen molar-refractivity contribution in [1.29, 1.82) is 0 Å². The van der Waals surface area contributed by atoms with Gasteiger partial charge in [-0.15, -0.1) is 0 Å². The lowest BCUT2D eigenvalue weighted by Gasteiger charge is -2.51. The zero-order chi connectivity index (χ0) is 18.3. The number of carbonyl (C=O) groups excluding carboxylic acids is 1. The minimum Gasteiger partial charge on any atom is -0.457 e. The predicted octanol–water partition coefficient (Wildman–Crippen LogP) is 2.67. The Kier molecular flexibility index (Phi) is 4.68. The summed E-state index contributed by atoms with van der Waals surface area (Å²) in [5.41, 5.74) is -1.66. The average molecular weight is 368 g/mol. The molecule has 0 aromatic heterocycles. The molecule has 1 heterocycles. The first-order valence-electron chi connectivity index (χ1n) is 8.46. The Morgan fingerprint density at radius 2 is 1.96 bits per heavy atom. The van der Waals surface area contributed by atoms with Crippen molar-refractivity contribution in [1.82, 2.24) is 0 Å². The molecular weight excluding hydrogens is 344 g/mol. The third kappa shape index (κ3) is 3.59. The molecule has 6 nitrogen and oxygen atoms in total. The molecule has 1 saturated heterocycles. The van der Waals surface area contributed by atoms with Gasteiger partial charge in [0.25, 0.3) is 0 Å². The number of sulfone groups is 1.